The number of nitrogens with zero attached hydrogens (tertiary/aromatic N) is 2. The van der Waals surface area contributed by atoms with E-state index in [9.17, 15) is 23.2 Å². The van der Waals surface area contributed by atoms with E-state index in [4.69, 9.17) is 5.73 Å². The van der Waals surface area contributed by atoms with Crippen molar-refractivity contribution in [3.63, 3.8) is 0 Å². The Morgan fingerprint density at radius 1 is 1.03 bits per heavy atom. The van der Waals surface area contributed by atoms with Gasteiger partial charge in [-0.25, -0.2) is 13.9 Å². The van der Waals surface area contributed by atoms with Gasteiger partial charge in [0, 0.05) is 30.8 Å². The second-order valence-electron chi connectivity index (χ2n) is 9.32. The van der Waals surface area contributed by atoms with Gasteiger partial charge < -0.3 is 16.0 Å². The molecule has 2 heterocycles. The van der Waals surface area contributed by atoms with Crippen molar-refractivity contribution < 1.29 is 18.4 Å². The van der Waals surface area contributed by atoms with Gasteiger partial charge in [0.1, 0.15) is 11.6 Å². The van der Waals surface area contributed by atoms with Crippen molar-refractivity contribution >= 4 is 34.0 Å². The van der Waals surface area contributed by atoms with Crippen molar-refractivity contribution in [2.24, 2.45) is 5.92 Å². The molecule has 0 aliphatic carbocycles. The summed E-state index contributed by atoms with van der Waals surface area (Å²) in [7, 11) is 0. The first-order valence-electron chi connectivity index (χ1n) is 12.2. The Labute approximate surface area is 216 Å². The standard InChI is InChI=1S/C28H25F2N5O3/c29-18-6-8-23(31)25(15-18)32-26(36)17-9-11-35(12-10-17)28(38)21-13-16(5-7-22(21)30)14-24-19-3-1-2-4-20(19)27(37)34-33-24/h1-8,13,15,17H,9-12,14,31H2,(H,32,36)(H,34,37). The summed E-state index contributed by atoms with van der Waals surface area (Å²) in [6.45, 7) is 0.538. The van der Waals surface area contributed by atoms with Crippen molar-refractivity contribution in [1.29, 1.82) is 0 Å². The fourth-order valence-corrected chi connectivity index (χ4v) is 4.73. The zero-order chi connectivity index (χ0) is 26.8. The number of nitrogen functional groups attached to an aromatic ring is 1. The molecule has 0 atom stereocenters. The second kappa shape index (κ2) is 10.4. The third-order valence-corrected chi connectivity index (χ3v) is 6.83. The average Bonchev–Trinajstić information content (AvgIpc) is 2.93. The summed E-state index contributed by atoms with van der Waals surface area (Å²) < 4.78 is 28.2. The summed E-state index contributed by atoms with van der Waals surface area (Å²) in [6, 6.07) is 15.2. The number of piperidine rings is 1. The van der Waals surface area contributed by atoms with Gasteiger partial charge in [-0.3, -0.25) is 14.4 Å². The molecule has 4 aromatic rings. The zero-order valence-corrected chi connectivity index (χ0v) is 20.3. The minimum absolute atomic E-state index is 0.0633. The second-order valence-corrected chi connectivity index (χ2v) is 9.32. The molecule has 0 saturated carbocycles. The Hall–Kier alpha value is -4.60. The number of nitrogens with two attached hydrogens (primary N) is 1. The average molecular weight is 518 g/mol. The molecule has 3 aromatic carbocycles. The minimum Gasteiger partial charge on any atom is -0.397 e. The molecule has 0 spiro atoms. The van der Waals surface area contributed by atoms with Gasteiger partial charge in [0.2, 0.25) is 5.91 Å². The van der Waals surface area contributed by atoms with Gasteiger partial charge >= 0.3 is 0 Å². The Morgan fingerprint density at radius 3 is 2.53 bits per heavy atom. The number of hydrogen-bond acceptors (Lipinski definition) is 5. The first kappa shape index (κ1) is 25.1. The molecule has 4 N–H and O–H groups in total. The number of amides is 2. The monoisotopic (exact) mass is 517 g/mol. The van der Waals surface area contributed by atoms with Crippen LogP contribution in [0.25, 0.3) is 10.8 Å². The van der Waals surface area contributed by atoms with Crippen LogP contribution in [0.3, 0.4) is 0 Å². The maximum Gasteiger partial charge on any atom is 0.272 e. The van der Waals surface area contributed by atoms with E-state index in [1.54, 1.807) is 24.3 Å². The Bertz CT molecular complexity index is 1600. The lowest BCUT2D eigenvalue weighted by Crippen LogP contribution is -2.41. The highest BCUT2D eigenvalue weighted by Gasteiger charge is 2.29. The van der Waals surface area contributed by atoms with Gasteiger partial charge in [-0.1, -0.05) is 24.3 Å². The largest absolute Gasteiger partial charge is 0.397 e. The number of likely N-dealkylation sites (tertiary alicyclic amines) is 1. The fraction of sp³-hybridized carbons (Fsp3) is 0.214. The van der Waals surface area contributed by atoms with Crippen molar-refractivity contribution in [2.45, 2.75) is 19.3 Å². The van der Waals surface area contributed by atoms with Crippen LogP contribution in [0.1, 0.15) is 34.5 Å². The third-order valence-electron chi connectivity index (χ3n) is 6.83. The predicted molar refractivity (Wildman–Crippen MR) is 140 cm³/mol. The van der Waals surface area contributed by atoms with Crippen LogP contribution < -0.4 is 16.6 Å². The van der Waals surface area contributed by atoms with Crippen LogP contribution in [0.4, 0.5) is 20.2 Å². The highest BCUT2D eigenvalue weighted by molar-refractivity contribution is 5.97. The van der Waals surface area contributed by atoms with E-state index in [1.165, 1.54) is 29.2 Å². The number of aromatic amines is 1. The fourth-order valence-electron chi connectivity index (χ4n) is 4.73. The smallest absolute Gasteiger partial charge is 0.272 e. The molecule has 0 bridgehead atoms. The molecule has 1 aromatic heterocycles. The number of nitrogens with one attached hydrogen (secondary N) is 2. The zero-order valence-electron chi connectivity index (χ0n) is 20.3. The lowest BCUT2D eigenvalue weighted by molar-refractivity contribution is -0.121. The van der Waals surface area contributed by atoms with Gasteiger partial charge in [-0.05, 0) is 54.8 Å². The summed E-state index contributed by atoms with van der Waals surface area (Å²) >= 11 is 0. The SMILES string of the molecule is Nc1ccc(F)cc1NC(=O)C1CCN(C(=O)c2cc(Cc3n[nH]c(=O)c4ccccc34)ccc2F)CC1. The summed E-state index contributed by atoms with van der Waals surface area (Å²) in [5.74, 6) is -2.30. The molecule has 10 heteroatoms. The Morgan fingerprint density at radius 2 is 1.76 bits per heavy atom. The Balaban J connectivity index is 1.27. The van der Waals surface area contributed by atoms with Crippen LogP contribution in [-0.4, -0.2) is 40.0 Å². The van der Waals surface area contributed by atoms with E-state index in [2.05, 4.69) is 15.5 Å². The number of carbonyl (C=O) groups is 2. The molecular weight excluding hydrogens is 492 g/mol. The first-order valence-corrected chi connectivity index (χ1v) is 12.2. The molecular formula is C28H25F2N5O3. The molecule has 5 rings (SSSR count). The van der Waals surface area contributed by atoms with Gasteiger partial charge in [-0.15, -0.1) is 0 Å². The van der Waals surface area contributed by atoms with Crippen molar-refractivity contribution in [1.82, 2.24) is 15.1 Å². The molecule has 1 saturated heterocycles. The molecule has 0 radical (unpaired) electrons. The molecule has 2 amide bonds. The number of halogens is 2. The predicted octanol–water partition coefficient (Wildman–Crippen LogP) is 3.87. The van der Waals surface area contributed by atoms with Gasteiger partial charge in [-0.2, -0.15) is 5.10 Å². The van der Waals surface area contributed by atoms with E-state index in [-0.39, 0.29) is 41.5 Å². The Kier molecular flexibility index (Phi) is 6.87. The summed E-state index contributed by atoms with van der Waals surface area (Å²) in [4.78, 5) is 39.5. The van der Waals surface area contributed by atoms with E-state index >= 15 is 0 Å². The molecule has 1 fully saturated rings. The van der Waals surface area contributed by atoms with Gasteiger partial charge in [0.05, 0.1) is 28.0 Å². The number of hydrogen-bond donors (Lipinski definition) is 3. The van der Waals surface area contributed by atoms with Crippen LogP contribution in [0, 0.1) is 17.6 Å². The third kappa shape index (κ3) is 5.10. The van der Waals surface area contributed by atoms with Crippen LogP contribution in [0.5, 0.6) is 0 Å². The van der Waals surface area contributed by atoms with Crippen molar-refractivity contribution in [3.05, 3.63) is 99.5 Å². The highest BCUT2D eigenvalue weighted by atomic mass is 19.1. The lowest BCUT2D eigenvalue weighted by Gasteiger charge is -2.31. The quantitative estimate of drug-likeness (QED) is 0.347. The molecule has 1 aliphatic rings. The lowest BCUT2D eigenvalue weighted by atomic mass is 9.95. The summed E-state index contributed by atoms with van der Waals surface area (Å²) in [5.41, 5.74) is 7.19. The number of aromatic nitrogens is 2. The van der Waals surface area contributed by atoms with Crippen molar-refractivity contribution in [2.75, 3.05) is 24.1 Å². The molecule has 8 nitrogen and oxygen atoms in total. The molecule has 1 aliphatic heterocycles. The van der Waals surface area contributed by atoms with Crippen LogP contribution >= 0.6 is 0 Å². The first-order chi connectivity index (χ1) is 18.3. The number of H-pyrrole nitrogens is 1. The van der Waals surface area contributed by atoms with Crippen LogP contribution in [-0.2, 0) is 11.2 Å². The van der Waals surface area contributed by atoms with E-state index in [1.807, 2.05) is 6.07 Å². The van der Waals surface area contributed by atoms with E-state index in [0.29, 0.717) is 41.3 Å². The van der Waals surface area contributed by atoms with Gasteiger partial charge in [0.25, 0.3) is 11.5 Å². The summed E-state index contributed by atoms with van der Waals surface area (Å²) in [5, 5.41) is 10.5. The minimum atomic E-state index is -0.639. The summed E-state index contributed by atoms with van der Waals surface area (Å²) in [6.07, 6.45) is 1.05. The number of rotatable bonds is 5. The highest BCUT2D eigenvalue weighted by Crippen LogP contribution is 2.25. The van der Waals surface area contributed by atoms with Crippen molar-refractivity contribution in [3.8, 4) is 0 Å². The normalized spacial score (nSPS) is 14.0. The van der Waals surface area contributed by atoms with Crippen LogP contribution in [0.2, 0.25) is 0 Å². The van der Waals surface area contributed by atoms with Gasteiger partial charge in [0.15, 0.2) is 0 Å². The maximum absolute atomic E-state index is 14.7. The van der Waals surface area contributed by atoms with E-state index in [0.717, 1.165) is 6.07 Å². The molecule has 0 unspecified atom stereocenters. The van der Waals surface area contributed by atoms with E-state index < -0.39 is 23.5 Å². The maximum atomic E-state index is 14.7. The molecule has 38 heavy (non-hydrogen) atoms. The number of anilines is 2. The number of benzene rings is 3. The molecule has 194 valence electrons. The number of fused-ring (bicyclic) bond motifs is 1. The topological polar surface area (TPSA) is 121 Å². The van der Waals surface area contributed by atoms with Crippen LogP contribution in [0.15, 0.2) is 65.5 Å². The number of carbonyl (C=O) groups excluding carboxylic acids is 2.